The van der Waals surface area contributed by atoms with Crippen molar-refractivity contribution in [2.24, 2.45) is 0 Å². The van der Waals surface area contributed by atoms with Crippen molar-refractivity contribution < 1.29 is 110 Å². The quantitative estimate of drug-likeness (QED) is 0.00698. The Morgan fingerprint density at radius 1 is 0.285 bits per heavy atom. The van der Waals surface area contributed by atoms with Gasteiger partial charge in [-0.05, 0) is 80.8 Å². The van der Waals surface area contributed by atoms with Crippen LogP contribution in [0.15, 0.2) is 48.5 Å². The Bertz CT molecular complexity index is 3070. The summed E-state index contributed by atoms with van der Waals surface area (Å²) in [5, 5.41) is 45.0. The van der Waals surface area contributed by atoms with Gasteiger partial charge >= 0.3 is 43.3 Å². The first-order valence-electron chi connectivity index (χ1n) is 53.9. The zero-order valence-corrected chi connectivity index (χ0v) is 88.7. The summed E-state index contributed by atoms with van der Waals surface area (Å²) in [5.74, 6) is -0.406. The highest BCUT2D eigenvalue weighted by Crippen LogP contribution is 2.42. The van der Waals surface area contributed by atoms with Crippen LogP contribution in [0, 0.1) is 20.2 Å². The molecule has 0 spiro atoms. The summed E-state index contributed by atoms with van der Waals surface area (Å²) in [6, 6.07) is 10.1. The van der Waals surface area contributed by atoms with Crippen molar-refractivity contribution in [3.63, 3.8) is 0 Å². The fourth-order valence-electron chi connectivity index (χ4n) is 14.6. The van der Waals surface area contributed by atoms with Crippen LogP contribution >= 0.6 is 31.0 Å². The normalized spacial score (nSPS) is 11.1. The van der Waals surface area contributed by atoms with Gasteiger partial charge in [0.2, 0.25) is 5.24 Å². The molecule has 0 aliphatic rings. The minimum Gasteiger partial charge on any atom is -0.466 e. The van der Waals surface area contributed by atoms with Gasteiger partial charge in [-0.3, -0.25) is 53.2 Å². The van der Waals surface area contributed by atoms with Gasteiger partial charge in [0, 0.05) is 114 Å². The van der Waals surface area contributed by atoms with E-state index in [9.17, 15) is 58.4 Å². The Labute approximate surface area is 838 Å². The smallest absolute Gasteiger partial charge is 0.466 e. The molecular weight excluding hydrogens is 1820 g/mol. The topological polar surface area (TPSA) is 387 Å². The summed E-state index contributed by atoms with van der Waals surface area (Å²) in [7, 11) is -2.74. The van der Waals surface area contributed by atoms with E-state index in [0.29, 0.717) is 70.8 Å². The first-order chi connectivity index (χ1) is 66.5. The number of nitro benzene ring substituents is 2. The predicted molar refractivity (Wildman–Crippen MR) is 553 cm³/mol. The van der Waals surface area contributed by atoms with E-state index in [2.05, 4.69) is 37.0 Å². The van der Waals surface area contributed by atoms with Gasteiger partial charge in [-0.15, -0.1) is 0 Å². The highest BCUT2D eigenvalue weighted by Gasteiger charge is 2.18. The molecule has 0 saturated carbocycles. The molecule has 0 amide bonds. The third kappa shape index (κ3) is 115. The van der Waals surface area contributed by atoms with Gasteiger partial charge < -0.3 is 53.4 Å². The number of esters is 4. The second-order valence-electron chi connectivity index (χ2n) is 35.7. The molecule has 4 N–H and O–H groups in total. The second-order valence-corrected chi connectivity index (χ2v) is 38.0. The number of phosphoric ester groups is 1. The maximum Gasteiger partial charge on any atom is 0.513 e. The van der Waals surface area contributed by atoms with Crippen molar-refractivity contribution in [2.45, 2.75) is 503 Å². The number of rotatable bonds is 91. The summed E-state index contributed by atoms with van der Waals surface area (Å²) >= 11 is 10.2. The Hall–Kier alpha value is -5.90. The molecule has 27 nitrogen and oxygen atoms in total. The lowest BCUT2D eigenvalue weighted by atomic mass is 10.0. The first-order valence-corrected chi connectivity index (χ1v) is 56.1. The van der Waals surface area contributed by atoms with Gasteiger partial charge in [-0.1, -0.05) is 407 Å². The van der Waals surface area contributed by atoms with Crippen LogP contribution in [0.3, 0.4) is 0 Å². The lowest BCUT2D eigenvalue weighted by Crippen LogP contribution is -2.13. The number of benzene rings is 2. The van der Waals surface area contributed by atoms with Gasteiger partial charge in [0.05, 0.1) is 49.5 Å². The first kappa shape index (κ1) is 137. The fourth-order valence-corrected chi connectivity index (χ4v) is 15.3. The minimum absolute atomic E-state index is 0.0536. The molecule has 0 saturated heterocycles. The monoisotopic (exact) mass is 2010 g/mol. The number of nitro groups is 2. The maximum absolute atomic E-state index is 11.8. The molecule has 0 aromatic heterocycles. The molecule has 0 fully saturated rings. The van der Waals surface area contributed by atoms with Gasteiger partial charge in [0.25, 0.3) is 11.4 Å². The zero-order valence-electron chi connectivity index (χ0n) is 86.3. The van der Waals surface area contributed by atoms with Crippen molar-refractivity contribution in [2.75, 3.05) is 66.6 Å². The van der Waals surface area contributed by atoms with E-state index in [1.807, 2.05) is 0 Å². The molecule has 1 unspecified atom stereocenters. The predicted octanol–water partition coefficient (Wildman–Crippen LogP) is 32.0. The fraction of sp³-hybridized carbons (Fsp3) is 0.822. The summed E-state index contributed by atoms with van der Waals surface area (Å²) in [6.45, 7) is 10.7. The molecule has 137 heavy (non-hydrogen) atoms. The van der Waals surface area contributed by atoms with E-state index in [0.717, 1.165) is 90.6 Å². The lowest BCUT2D eigenvalue weighted by Gasteiger charge is -2.08. The number of carbonyl (C=O) groups is 7. The zero-order chi connectivity index (χ0) is 102. The van der Waals surface area contributed by atoms with Crippen molar-refractivity contribution in [1.29, 1.82) is 0 Å². The second kappa shape index (κ2) is 112. The summed E-state index contributed by atoms with van der Waals surface area (Å²) in [4.78, 5) is 108. The van der Waals surface area contributed by atoms with E-state index in [4.69, 9.17) is 76.4 Å². The average molecular weight is 2010 g/mol. The molecule has 0 aliphatic heterocycles. The van der Waals surface area contributed by atoms with Gasteiger partial charge in [-0.25, -0.2) is 14.2 Å². The Morgan fingerprint density at radius 3 is 0.708 bits per heavy atom. The van der Waals surface area contributed by atoms with Gasteiger partial charge in [-0.2, -0.15) is 0 Å². The minimum atomic E-state index is -3.88. The molecule has 1 atom stereocenters. The third-order valence-electron chi connectivity index (χ3n) is 22.9. The Morgan fingerprint density at radius 2 is 0.496 bits per heavy atom. The van der Waals surface area contributed by atoms with Gasteiger partial charge in [0.1, 0.15) is 11.5 Å². The highest BCUT2D eigenvalue weighted by molar-refractivity contribution is 7.47. The number of ether oxygens (including phenoxy) is 7. The number of non-ortho nitro benzene ring substituents is 2. The van der Waals surface area contributed by atoms with Crippen molar-refractivity contribution in [3.8, 4) is 11.5 Å². The molecule has 800 valence electrons. The van der Waals surface area contributed by atoms with Crippen LogP contribution in [-0.4, -0.2) is 137 Å². The molecule has 0 aliphatic carbocycles. The molecule has 30 heteroatoms. The number of hydrogen-bond donors (Lipinski definition) is 4. The van der Waals surface area contributed by atoms with Crippen molar-refractivity contribution in [1.82, 2.24) is 0 Å². The molecule has 0 heterocycles. The molecule has 0 radical (unpaired) electrons. The molecule has 0 bridgehead atoms. The van der Waals surface area contributed by atoms with Crippen LogP contribution in [0.5, 0.6) is 11.5 Å². The van der Waals surface area contributed by atoms with Crippen LogP contribution in [0.1, 0.15) is 503 Å². The maximum atomic E-state index is 11.8. The lowest BCUT2D eigenvalue weighted by molar-refractivity contribution is -0.385. The van der Waals surface area contributed by atoms with Gasteiger partial charge in [0.15, 0.2) is 0 Å². The number of aliphatic hydroxyl groups is 3. The Kier molecular flexibility index (Phi) is 112. The van der Waals surface area contributed by atoms with Crippen molar-refractivity contribution in [3.05, 3.63) is 68.8 Å². The molecule has 2 rings (SSSR count). The van der Waals surface area contributed by atoms with E-state index in [1.54, 1.807) is 0 Å². The number of aliphatic hydroxyl groups excluding tert-OH is 3. The summed E-state index contributed by atoms with van der Waals surface area (Å²) in [6.07, 6.45) is 86.6. The van der Waals surface area contributed by atoms with Crippen LogP contribution < -0.4 is 9.47 Å². The number of halogens is 2. The van der Waals surface area contributed by atoms with E-state index in [-0.39, 0.29) is 105 Å². The van der Waals surface area contributed by atoms with Crippen molar-refractivity contribution >= 4 is 83.1 Å². The SMILES string of the molecule is CCCCCCCCCCCCCCCCCC(=O)Cl.CCCCCCCCCCCCCCCCCC(=O)OCCCO.CCCCCCCCCCCCCCCCCC(=O)OCCCOC(=O)CCCCCCCOP(=O)(O)OC.CCCCCCCCCCCCCCCCCC(=O)OCCCOC(=O)Oc1ccc([N+](=O)[O-])cc1.O=C(Cl)Oc1ccc([N+](=O)[O-])cc1.OCCCO. The van der Waals surface area contributed by atoms with E-state index < -0.39 is 29.3 Å². The third-order valence-corrected chi connectivity index (χ3v) is 24.1. The Balaban J connectivity index is -0.000000828. The van der Waals surface area contributed by atoms with E-state index in [1.165, 1.54) is 376 Å². The molecule has 2 aromatic rings. The standard InChI is InChI=1S/C30H59O8P.C28H45NO7.C21H42O3.C18H35ClO.C7H4ClNO4.C3H8O2/c1-3-4-5-6-7-8-9-10-11-12-13-14-15-17-20-24-29(31)36-26-23-27-37-30(32)25-21-18-16-19-22-28-38-39(33,34)35-2;1-2-3-4-5-6-7-8-9-10-11-12-13-14-15-16-18-27(30)34-23-17-24-35-28(31)36-26-21-19-25(20-22-26)29(32)33;1-2-3-4-5-6-7-8-9-10-11-12-13-14-15-16-18-21(23)24-20-17-19-22;1-2-3-4-5-6-7-8-9-10-11-12-13-14-15-16-17-18(19)20;8-7(10)13-6-3-1-5(2-4-6)9(11)12;4-2-1-3-5/h3-28H2,1-2H3,(H,33,34);19-22H,2-18,23-24H2,1H3;22H,2-20H2,1H3;2-17H2,1H3;1-4H;4-5H,1-3H2. The average Bonchev–Trinajstić information content (AvgIpc) is 0.910. The largest absolute Gasteiger partial charge is 0.513 e. The van der Waals surface area contributed by atoms with Crippen LogP contribution in [0.2, 0.25) is 0 Å². The summed E-state index contributed by atoms with van der Waals surface area (Å²) in [5.41, 5.74) is -1.15. The number of hydrogen-bond acceptors (Lipinski definition) is 24. The van der Waals surface area contributed by atoms with Crippen LogP contribution in [-0.2, 0) is 61.3 Å². The highest BCUT2D eigenvalue weighted by atomic mass is 35.5. The molecular formula is C107H193Cl2N2O25P. The van der Waals surface area contributed by atoms with E-state index >= 15 is 0 Å². The summed E-state index contributed by atoms with van der Waals surface area (Å²) < 4.78 is 55.1. The van der Waals surface area contributed by atoms with Crippen LogP contribution in [0.25, 0.3) is 0 Å². The number of phosphoric acid groups is 1. The molecule has 2 aromatic carbocycles. The number of unbranched alkanes of at least 4 members (excludes halogenated alkanes) is 60. The number of nitrogens with zero attached hydrogens (tertiary/aromatic N) is 2. The van der Waals surface area contributed by atoms with Crippen LogP contribution in [0.4, 0.5) is 21.0 Å². The number of carbonyl (C=O) groups excluding carboxylic acids is 7.